The van der Waals surface area contributed by atoms with E-state index in [9.17, 15) is 4.39 Å². The third-order valence-corrected chi connectivity index (χ3v) is 1.82. The molecule has 2 heteroatoms. The summed E-state index contributed by atoms with van der Waals surface area (Å²) in [5, 5.41) is 8.51. The largest absolute Gasteiger partial charge is 0.396 e. The molecule has 1 unspecified atom stereocenters. The second-order valence-electron chi connectivity index (χ2n) is 2.89. The van der Waals surface area contributed by atoms with Gasteiger partial charge in [0, 0.05) is 13.0 Å². The van der Waals surface area contributed by atoms with Crippen molar-refractivity contribution in [3.05, 3.63) is 35.4 Å². The van der Waals surface area contributed by atoms with E-state index < -0.39 is 6.17 Å². The fraction of sp³-hybridized carbons (Fsp3) is 0.400. The lowest BCUT2D eigenvalue weighted by atomic mass is 10.1. The van der Waals surface area contributed by atoms with Crippen molar-refractivity contribution in [2.24, 2.45) is 0 Å². The minimum absolute atomic E-state index is 0.102. The molecule has 0 heterocycles. The van der Waals surface area contributed by atoms with E-state index in [4.69, 9.17) is 5.11 Å². The number of hydrogen-bond acceptors (Lipinski definition) is 1. The first-order valence-corrected chi connectivity index (χ1v) is 4.05. The van der Waals surface area contributed by atoms with Gasteiger partial charge in [0.25, 0.3) is 0 Å². The van der Waals surface area contributed by atoms with Crippen LogP contribution in [0.25, 0.3) is 0 Å². The van der Waals surface area contributed by atoms with Crippen molar-refractivity contribution in [2.45, 2.75) is 19.5 Å². The number of aliphatic hydroxyl groups excluding tert-OH is 1. The van der Waals surface area contributed by atoms with E-state index in [0.29, 0.717) is 5.56 Å². The fourth-order valence-electron chi connectivity index (χ4n) is 1.06. The van der Waals surface area contributed by atoms with Crippen molar-refractivity contribution in [2.75, 3.05) is 6.61 Å². The highest BCUT2D eigenvalue weighted by Gasteiger charge is 2.07. The topological polar surface area (TPSA) is 20.2 Å². The highest BCUT2D eigenvalue weighted by molar-refractivity contribution is 5.22. The molecule has 0 aliphatic rings. The quantitative estimate of drug-likeness (QED) is 0.734. The van der Waals surface area contributed by atoms with Gasteiger partial charge >= 0.3 is 0 Å². The van der Waals surface area contributed by atoms with Crippen LogP contribution in [0.15, 0.2) is 24.3 Å². The zero-order valence-electron chi connectivity index (χ0n) is 7.13. The number of hydrogen-bond donors (Lipinski definition) is 1. The number of benzene rings is 1. The molecule has 1 N–H and O–H groups in total. The van der Waals surface area contributed by atoms with E-state index in [1.807, 2.05) is 19.1 Å². The molecule has 0 saturated heterocycles. The molecular formula is C10H13FO. The molecule has 0 aliphatic carbocycles. The molecule has 0 saturated carbocycles. The second kappa shape index (κ2) is 4.21. The monoisotopic (exact) mass is 168 g/mol. The van der Waals surface area contributed by atoms with Crippen LogP contribution in [0.3, 0.4) is 0 Å². The van der Waals surface area contributed by atoms with E-state index in [1.165, 1.54) is 0 Å². The molecule has 1 aromatic carbocycles. The summed E-state index contributed by atoms with van der Waals surface area (Å²) in [5.41, 5.74) is 1.77. The first-order chi connectivity index (χ1) is 5.74. The standard InChI is InChI=1S/C10H13FO/c1-8-2-4-9(5-3-8)10(11)6-7-12/h2-5,10,12H,6-7H2,1H3. The molecule has 0 spiro atoms. The average Bonchev–Trinajstić information content (AvgIpc) is 2.06. The Morgan fingerprint density at radius 2 is 1.92 bits per heavy atom. The maximum Gasteiger partial charge on any atom is 0.127 e. The molecule has 0 bridgehead atoms. The van der Waals surface area contributed by atoms with Crippen LogP contribution in [-0.4, -0.2) is 11.7 Å². The molecule has 66 valence electrons. The Bertz CT molecular complexity index is 230. The van der Waals surface area contributed by atoms with Gasteiger partial charge < -0.3 is 5.11 Å². The molecule has 1 aromatic rings. The maximum absolute atomic E-state index is 13.1. The van der Waals surface area contributed by atoms with Crippen LogP contribution in [0.4, 0.5) is 4.39 Å². The Balaban J connectivity index is 2.68. The van der Waals surface area contributed by atoms with Gasteiger partial charge in [-0.3, -0.25) is 0 Å². The smallest absolute Gasteiger partial charge is 0.127 e. The minimum Gasteiger partial charge on any atom is -0.396 e. The number of alkyl halides is 1. The van der Waals surface area contributed by atoms with Crippen molar-refractivity contribution < 1.29 is 9.50 Å². The number of aryl methyl sites for hydroxylation is 1. The van der Waals surface area contributed by atoms with Crippen LogP contribution in [0.1, 0.15) is 23.7 Å². The first kappa shape index (κ1) is 9.20. The summed E-state index contributed by atoms with van der Waals surface area (Å²) in [6.07, 6.45) is -0.848. The van der Waals surface area contributed by atoms with Gasteiger partial charge in [-0.15, -0.1) is 0 Å². The lowest BCUT2D eigenvalue weighted by Crippen LogP contribution is -1.94. The lowest BCUT2D eigenvalue weighted by molar-refractivity contribution is 0.222. The van der Waals surface area contributed by atoms with E-state index in [1.54, 1.807) is 12.1 Å². The summed E-state index contributed by atoms with van der Waals surface area (Å²) in [7, 11) is 0. The van der Waals surface area contributed by atoms with Gasteiger partial charge in [0.15, 0.2) is 0 Å². The molecule has 1 rings (SSSR count). The Hall–Kier alpha value is -0.890. The van der Waals surface area contributed by atoms with Gasteiger partial charge in [-0.05, 0) is 12.5 Å². The number of rotatable bonds is 3. The number of halogens is 1. The molecule has 0 aromatic heterocycles. The molecule has 1 atom stereocenters. The fourth-order valence-corrected chi connectivity index (χ4v) is 1.06. The normalized spacial score (nSPS) is 12.9. The van der Waals surface area contributed by atoms with Gasteiger partial charge in [0.2, 0.25) is 0 Å². The summed E-state index contributed by atoms with van der Waals surface area (Å²) < 4.78 is 13.1. The SMILES string of the molecule is Cc1ccc(C(F)CCO)cc1. The Morgan fingerprint density at radius 3 is 2.42 bits per heavy atom. The molecule has 12 heavy (non-hydrogen) atoms. The van der Waals surface area contributed by atoms with Gasteiger partial charge in [-0.25, -0.2) is 4.39 Å². The Morgan fingerprint density at radius 1 is 1.33 bits per heavy atom. The molecule has 0 aliphatic heterocycles. The van der Waals surface area contributed by atoms with Crippen LogP contribution < -0.4 is 0 Å². The zero-order chi connectivity index (χ0) is 8.97. The third kappa shape index (κ3) is 2.31. The third-order valence-electron chi connectivity index (χ3n) is 1.82. The van der Waals surface area contributed by atoms with Gasteiger partial charge in [-0.1, -0.05) is 29.8 Å². The van der Waals surface area contributed by atoms with Crippen molar-refractivity contribution in [3.8, 4) is 0 Å². The molecule has 0 radical (unpaired) electrons. The average molecular weight is 168 g/mol. The summed E-state index contributed by atoms with van der Waals surface area (Å²) in [5.74, 6) is 0. The van der Waals surface area contributed by atoms with Gasteiger partial charge in [0.05, 0.1) is 0 Å². The van der Waals surface area contributed by atoms with E-state index in [2.05, 4.69) is 0 Å². The summed E-state index contributed by atoms with van der Waals surface area (Å²) in [6.45, 7) is 1.86. The molecule has 1 nitrogen and oxygen atoms in total. The summed E-state index contributed by atoms with van der Waals surface area (Å²) >= 11 is 0. The van der Waals surface area contributed by atoms with Crippen molar-refractivity contribution in [1.82, 2.24) is 0 Å². The molecular weight excluding hydrogens is 155 g/mol. The highest BCUT2D eigenvalue weighted by Crippen LogP contribution is 2.20. The Labute approximate surface area is 71.9 Å². The minimum atomic E-state index is -1.03. The molecule has 0 fully saturated rings. The maximum atomic E-state index is 13.1. The van der Waals surface area contributed by atoms with Crippen molar-refractivity contribution >= 4 is 0 Å². The van der Waals surface area contributed by atoms with Crippen molar-refractivity contribution in [1.29, 1.82) is 0 Å². The predicted molar refractivity (Wildman–Crippen MR) is 46.7 cm³/mol. The second-order valence-corrected chi connectivity index (χ2v) is 2.89. The first-order valence-electron chi connectivity index (χ1n) is 4.05. The van der Waals surface area contributed by atoms with Crippen LogP contribution in [0.2, 0.25) is 0 Å². The van der Waals surface area contributed by atoms with E-state index >= 15 is 0 Å². The van der Waals surface area contributed by atoms with Gasteiger partial charge in [-0.2, -0.15) is 0 Å². The predicted octanol–water partition coefficient (Wildman–Crippen LogP) is 2.39. The molecule has 0 amide bonds. The number of aliphatic hydroxyl groups is 1. The van der Waals surface area contributed by atoms with E-state index in [0.717, 1.165) is 5.56 Å². The lowest BCUT2D eigenvalue weighted by Gasteiger charge is -2.06. The van der Waals surface area contributed by atoms with Crippen LogP contribution in [-0.2, 0) is 0 Å². The van der Waals surface area contributed by atoms with Crippen LogP contribution >= 0.6 is 0 Å². The summed E-state index contributed by atoms with van der Waals surface area (Å²) in [4.78, 5) is 0. The highest BCUT2D eigenvalue weighted by atomic mass is 19.1. The zero-order valence-corrected chi connectivity index (χ0v) is 7.13. The van der Waals surface area contributed by atoms with E-state index in [-0.39, 0.29) is 13.0 Å². The van der Waals surface area contributed by atoms with Crippen LogP contribution in [0.5, 0.6) is 0 Å². The summed E-state index contributed by atoms with van der Waals surface area (Å²) in [6, 6.07) is 7.27. The van der Waals surface area contributed by atoms with Crippen molar-refractivity contribution in [3.63, 3.8) is 0 Å². The Kier molecular flexibility index (Phi) is 3.23. The van der Waals surface area contributed by atoms with Gasteiger partial charge in [0.1, 0.15) is 6.17 Å². The van der Waals surface area contributed by atoms with Crippen LogP contribution in [0, 0.1) is 6.92 Å².